The summed E-state index contributed by atoms with van der Waals surface area (Å²) in [6, 6.07) is 10.1. The first-order chi connectivity index (χ1) is 14.0. The molecule has 2 atom stereocenters. The third-order valence-electron chi connectivity index (χ3n) is 5.62. The average Bonchev–Trinajstić information content (AvgIpc) is 2.87. The summed E-state index contributed by atoms with van der Waals surface area (Å²) in [6.07, 6.45) is 5.46. The van der Waals surface area contributed by atoms with Crippen molar-refractivity contribution in [2.75, 3.05) is 19.0 Å². The van der Waals surface area contributed by atoms with Gasteiger partial charge in [0.1, 0.15) is 23.4 Å². The number of thiophene rings is 1. The van der Waals surface area contributed by atoms with Gasteiger partial charge in [0.25, 0.3) is 5.91 Å². The van der Waals surface area contributed by atoms with E-state index >= 15 is 0 Å². The molecule has 1 aromatic heterocycles. The van der Waals surface area contributed by atoms with E-state index < -0.39 is 0 Å². The Kier molecular flexibility index (Phi) is 7.29. The summed E-state index contributed by atoms with van der Waals surface area (Å²) in [7, 11) is 2.02. The molecule has 2 N–H and O–H groups in total. The lowest BCUT2D eigenvalue weighted by molar-refractivity contribution is -0.907. The molecule has 29 heavy (non-hydrogen) atoms. The van der Waals surface area contributed by atoms with Gasteiger partial charge in [0.15, 0.2) is 6.04 Å². The van der Waals surface area contributed by atoms with Crippen LogP contribution < -0.4 is 15.0 Å². The molecule has 1 amide bonds. The fourth-order valence-electron chi connectivity index (χ4n) is 3.74. The molecule has 0 radical (unpaired) electrons. The number of nitrogens with one attached hydrogen (secondary N) is 2. The normalized spacial score (nSPS) is 15.5. The number of benzene rings is 1. The second-order valence-corrected chi connectivity index (χ2v) is 8.80. The van der Waals surface area contributed by atoms with Gasteiger partial charge in [-0.3, -0.25) is 4.79 Å². The summed E-state index contributed by atoms with van der Waals surface area (Å²) in [4.78, 5) is 15.3. The molecule has 1 aromatic carbocycles. The number of hydrogen-bond donors (Lipinski definition) is 2. The van der Waals surface area contributed by atoms with E-state index in [1.54, 1.807) is 11.3 Å². The molecule has 0 bridgehead atoms. The molecule has 0 saturated carbocycles. The Morgan fingerprint density at radius 2 is 2.00 bits per heavy atom. The third kappa shape index (κ3) is 5.17. The predicted octanol–water partition coefficient (Wildman–Crippen LogP) is 3.33. The Morgan fingerprint density at radius 1 is 1.28 bits per heavy atom. The second kappa shape index (κ2) is 9.91. The Morgan fingerprint density at radius 3 is 2.69 bits per heavy atom. The lowest BCUT2D eigenvalue weighted by Crippen LogP contribution is -3.12. The Hall–Kier alpha value is -2.36. The van der Waals surface area contributed by atoms with Crippen LogP contribution in [-0.2, 0) is 24.2 Å². The highest BCUT2D eigenvalue weighted by atomic mass is 32.1. The Labute approximate surface area is 177 Å². The van der Waals surface area contributed by atoms with Gasteiger partial charge in [0.05, 0.1) is 19.2 Å². The number of ether oxygens (including phenoxy) is 1. The van der Waals surface area contributed by atoms with Crippen molar-refractivity contribution in [3.05, 3.63) is 45.8 Å². The zero-order chi connectivity index (χ0) is 20.8. The highest BCUT2D eigenvalue weighted by Gasteiger charge is 2.26. The van der Waals surface area contributed by atoms with Gasteiger partial charge in [0.2, 0.25) is 0 Å². The van der Waals surface area contributed by atoms with Gasteiger partial charge < -0.3 is 15.0 Å². The van der Waals surface area contributed by atoms with Gasteiger partial charge in [-0.15, -0.1) is 11.3 Å². The van der Waals surface area contributed by atoms with Crippen molar-refractivity contribution in [2.45, 2.75) is 58.5 Å². The Balaban J connectivity index is 1.65. The monoisotopic (exact) mass is 412 g/mol. The van der Waals surface area contributed by atoms with Crippen molar-refractivity contribution in [1.82, 2.24) is 0 Å². The summed E-state index contributed by atoms with van der Waals surface area (Å²) < 4.78 is 5.49. The van der Waals surface area contributed by atoms with Crippen molar-refractivity contribution in [2.24, 2.45) is 0 Å². The number of amides is 1. The summed E-state index contributed by atoms with van der Waals surface area (Å²) in [5, 5.41) is 13.4. The molecule has 0 spiro atoms. The lowest BCUT2D eigenvalue weighted by atomic mass is 10.1. The molecule has 1 heterocycles. The SMILES string of the molecule is CCOc1ccc(C[NH+](C)[C@@H](C)C(=O)Nc2sc3c(c2C#N)CCCCC3)cc1. The molecule has 2 aromatic rings. The van der Waals surface area contributed by atoms with Crippen LogP contribution in [0.15, 0.2) is 24.3 Å². The molecule has 0 saturated heterocycles. The lowest BCUT2D eigenvalue weighted by Gasteiger charge is -2.21. The number of likely N-dealkylation sites (N-methyl/N-ethyl adjacent to an activating group) is 1. The zero-order valence-corrected chi connectivity index (χ0v) is 18.3. The van der Waals surface area contributed by atoms with E-state index in [1.807, 2.05) is 45.2 Å². The van der Waals surface area contributed by atoms with Gasteiger partial charge in [0, 0.05) is 10.4 Å². The summed E-state index contributed by atoms with van der Waals surface area (Å²) in [5.41, 5.74) is 3.00. The number of nitriles is 1. The number of carbonyl (C=O) groups excluding carboxylic acids is 1. The predicted molar refractivity (Wildman–Crippen MR) is 117 cm³/mol. The molecule has 1 unspecified atom stereocenters. The molecule has 0 aliphatic heterocycles. The summed E-state index contributed by atoms with van der Waals surface area (Å²) in [6.45, 7) is 5.30. The number of rotatable bonds is 7. The average molecular weight is 413 g/mol. The van der Waals surface area contributed by atoms with Gasteiger partial charge in [-0.1, -0.05) is 6.42 Å². The number of aryl methyl sites for hydroxylation is 1. The standard InChI is InChI=1S/C23H29N3O2S/c1-4-28-18-12-10-17(11-13-18)15-26(3)16(2)22(27)25-23-20(14-24)19-8-6-5-7-9-21(19)29-23/h10-13,16H,4-9,15H2,1-3H3,(H,25,27)/p+1/t16-/m0/s1. The van der Waals surface area contributed by atoms with Crippen LogP contribution in [0.5, 0.6) is 5.75 Å². The first-order valence-corrected chi connectivity index (χ1v) is 11.2. The maximum absolute atomic E-state index is 12.9. The number of nitrogens with zero attached hydrogens (tertiary/aromatic N) is 1. The zero-order valence-electron chi connectivity index (χ0n) is 17.5. The number of hydrogen-bond acceptors (Lipinski definition) is 4. The summed E-state index contributed by atoms with van der Waals surface area (Å²) >= 11 is 1.59. The van der Waals surface area contributed by atoms with Crippen LogP contribution in [-0.4, -0.2) is 25.6 Å². The Bertz CT molecular complexity index is 883. The fourth-order valence-corrected chi connectivity index (χ4v) is 4.98. The maximum Gasteiger partial charge on any atom is 0.283 e. The fraction of sp³-hybridized carbons (Fsp3) is 0.478. The molecular formula is C23H30N3O2S+. The van der Waals surface area contributed by atoms with Crippen LogP contribution in [0.4, 0.5) is 5.00 Å². The van der Waals surface area contributed by atoms with E-state index in [0.29, 0.717) is 12.2 Å². The number of quaternary nitrogens is 1. The van der Waals surface area contributed by atoms with E-state index in [1.165, 1.54) is 11.3 Å². The van der Waals surface area contributed by atoms with E-state index in [0.717, 1.165) is 59.0 Å². The molecule has 154 valence electrons. The molecule has 5 nitrogen and oxygen atoms in total. The van der Waals surface area contributed by atoms with E-state index in [9.17, 15) is 10.1 Å². The van der Waals surface area contributed by atoms with Crippen molar-refractivity contribution >= 4 is 22.2 Å². The number of fused-ring (bicyclic) bond motifs is 1. The van der Waals surface area contributed by atoms with Crippen LogP contribution >= 0.6 is 11.3 Å². The van der Waals surface area contributed by atoms with Gasteiger partial charge in [-0.2, -0.15) is 5.26 Å². The molecule has 3 rings (SSSR count). The molecule has 6 heteroatoms. The van der Waals surface area contributed by atoms with Crippen LogP contribution in [0.3, 0.4) is 0 Å². The minimum absolute atomic E-state index is 0.0404. The van der Waals surface area contributed by atoms with Crippen molar-refractivity contribution in [3.63, 3.8) is 0 Å². The van der Waals surface area contributed by atoms with E-state index in [4.69, 9.17) is 4.74 Å². The van der Waals surface area contributed by atoms with Crippen LogP contribution in [0, 0.1) is 11.3 Å². The van der Waals surface area contributed by atoms with Crippen molar-refractivity contribution in [3.8, 4) is 11.8 Å². The maximum atomic E-state index is 12.9. The molecule has 1 aliphatic rings. The molecule has 0 fully saturated rings. The van der Waals surface area contributed by atoms with Crippen LogP contribution in [0.2, 0.25) is 0 Å². The molecule has 1 aliphatic carbocycles. The van der Waals surface area contributed by atoms with Gasteiger partial charge >= 0.3 is 0 Å². The first-order valence-electron chi connectivity index (χ1n) is 10.4. The first kappa shape index (κ1) is 21.4. The van der Waals surface area contributed by atoms with Crippen LogP contribution in [0.25, 0.3) is 0 Å². The second-order valence-electron chi connectivity index (χ2n) is 7.69. The van der Waals surface area contributed by atoms with E-state index in [-0.39, 0.29) is 11.9 Å². The minimum Gasteiger partial charge on any atom is -0.494 e. The third-order valence-corrected chi connectivity index (χ3v) is 6.83. The summed E-state index contributed by atoms with van der Waals surface area (Å²) in [5.74, 6) is 0.822. The largest absolute Gasteiger partial charge is 0.494 e. The topological polar surface area (TPSA) is 66.6 Å². The van der Waals surface area contributed by atoms with Gasteiger partial charge in [-0.05, 0) is 69.4 Å². The smallest absolute Gasteiger partial charge is 0.283 e. The van der Waals surface area contributed by atoms with E-state index in [2.05, 4.69) is 11.4 Å². The quantitative estimate of drug-likeness (QED) is 0.686. The van der Waals surface area contributed by atoms with Crippen molar-refractivity contribution in [1.29, 1.82) is 5.26 Å². The highest BCUT2D eigenvalue weighted by Crippen LogP contribution is 2.36. The number of anilines is 1. The number of carbonyl (C=O) groups is 1. The molecular weight excluding hydrogens is 382 g/mol. The van der Waals surface area contributed by atoms with Crippen molar-refractivity contribution < 1.29 is 14.4 Å². The minimum atomic E-state index is -0.227. The van der Waals surface area contributed by atoms with Gasteiger partial charge in [-0.25, -0.2) is 0 Å². The van der Waals surface area contributed by atoms with Crippen LogP contribution in [0.1, 0.15) is 54.7 Å². The highest BCUT2D eigenvalue weighted by molar-refractivity contribution is 7.16.